The number of anilines is 1. The van der Waals surface area contributed by atoms with Crippen molar-refractivity contribution in [1.82, 2.24) is 0 Å². The van der Waals surface area contributed by atoms with Gasteiger partial charge >= 0.3 is 0 Å². The Morgan fingerprint density at radius 1 is 1.29 bits per heavy atom. The molecule has 1 aromatic carbocycles. The van der Waals surface area contributed by atoms with Gasteiger partial charge in [0, 0.05) is 12.2 Å². The van der Waals surface area contributed by atoms with Crippen molar-refractivity contribution in [2.75, 3.05) is 11.9 Å². The molecule has 0 amide bonds. The molecule has 2 aliphatic rings. The van der Waals surface area contributed by atoms with Gasteiger partial charge in [-0.05, 0) is 55.7 Å². The Balaban J connectivity index is 2.04. The summed E-state index contributed by atoms with van der Waals surface area (Å²) in [4.78, 5) is 0. The van der Waals surface area contributed by atoms with Gasteiger partial charge in [-0.3, -0.25) is 0 Å². The van der Waals surface area contributed by atoms with Crippen LogP contribution in [0.2, 0.25) is 0 Å². The first-order valence-electron chi connectivity index (χ1n) is 6.63. The summed E-state index contributed by atoms with van der Waals surface area (Å²) in [6.07, 6.45) is 3.91. The van der Waals surface area contributed by atoms with Crippen molar-refractivity contribution in [1.29, 1.82) is 0 Å². The van der Waals surface area contributed by atoms with Crippen LogP contribution >= 0.6 is 0 Å². The Hall–Kier alpha value is -1.05. The number of rotatable bonds is 1. The molecule has 0 aromatic heterocycles. The van der Waals surface area contributed by atoms with E-state index >= 15 is 0 Å². The van der Waals surface area contributed by atoms with Gasteiger partial charge in [0.05, 0.1) is 0 Å². The molecule has 1 nitrogen and oxygen atoms in total. The monoisotopic (exact) mass is 233 g/mol. The predicted octanol–water partition coefficient (Wildman–Crippen LogP) is 4.20. The molecule has 1 fully saturated rings. The summed E-state index contributed by atoms with van der Waals surface area (Å²) >= 11 is 0. The van der Waals surface area contributed by atoms with Crippen LogP contribution in [0.4, 0.5) is 10.1 Å². The van der Waals surface area contributed by atoms with E-state index < -0.39 is 5.67 Å². The second kappa shape index (κ2) is 3.72. The number of benzene rings is 1. The lowest BCUT2D eigenvalue weighted by Gasteiger charge is -2.31. The molecule has 1 aliphatic heterocycles. The minimum absolute atomic E-state index is 0.661. The fraction of sp³-hybridized carbons (Fsp3) is 0.600. The summed E-state index contributed by atoms with van der Waals surface area (Å²) in [7, 11) is 0. The van der Waals surface area contributed by atoms with Crippen molar-refractivity contribution in [3.05, 3.63) is 29.3 Å². The maximum atomic E-state index is 14.0. The van der Waals surface area contributed by atoms with Gasteiger partial charge < -0.3 is 5.32 Å². The molecule has 3 rings (SSSR count). The highest BCUT2D eigenvalue weighted by atomic mass is 19.1. The van der Waals surface area contributed by atoms with E-state index in [4.69, 9.17) is 0 Å². The van der Waals surface area contributed by atoms with Crippen LogP contribution in [0.1, 0.15) is 50.2 Å². The highest BCUT2D eigenvalue weighted by molar-refractivity contribution is 5.57. The summed E-state index contributed by atoms with van der Waals surface area (Å²) in [5.41, 5.74) is 2.15. The minimum Gasteiger partial charge on any atom is -0.385 e. The summed E-state index contributed by atoms with van der Waals surface area (Å²) < 4.78 is 14.0. The zero-order valence-electron chi connectivity index (χ0n) is 10.6. The molecule has 2 unspecified atom stereocenters. The molecule has 1 N–H and O–H groups in total. The van der Waals surface area contributed by atoms with E-state index in [-0.39, 0.29) is 0 Å². The van der Waals surface area contributed by atoms with Gasteiger partial charge in [0.1, 0.15) is 5.67 Å². The lowest BCUT2D eigenvalue weighted by atomic mass is 9.82. The summed E-state index contributed by atoms with van der Waals surface area (Å²) in [5, 5.41) is 3.49. The average Bonchev–Trinajstić information content (AvgIpc) is 2.75. The third-order valence-corrected chi connectivity index (χ3v) is 4.35. The maximum absolute atomic E-state index is 14.0. The molecule has 2 heteroatoms. The van der Waals surface area contributed by atoms with Crippen LogP contribution in [0.3, 0.4) is 0 Å². The molecule has 1 aromatic rings. The average molecular weight is 233 g/mol. The number of nitrogens with one attached hydrogen (secondary N) is 1. The van der Waals surface area contributed by atoms with Crippen LogP contribution in [0, 0.1) is 5.92 Å². The van der Waals surface area contributed by atoms with Crippen molar-refractivity contribution < 1.29 is 4.39 Å². The summed E-state index contributed by atoms with van der Waals surface area (Å²) in [5.74, 6) is 1.43. The molecule has 1 heterocycles. The molecule has 2 atom stereocenters. The molecule has 92 valence electrons. The van der Waals surface area contributed by atoms with Crippen molar-refractivity contribution in [2.24, 2.45) is 5.92 Å². The molecule has 1 aliphatic carbocycles. The smallest absolute Gasteiger partial charge is 0.130 e. The van der Waals surface area contributed by atoms with E-state index in [1.54, 1.807) is 13.8 Å². The van der Waals surface area contributed by atoms with Gasteiger partial charge in [-0.1, -0.05) is 18.6 Å². The van der Waals surface area contributed by atoms with Crippen molar-refractivity contribution in [3.63, 3.8) is 0 Å². The Kier molecular flexibility index (Phi) is 2.42. The molecule has 0 radical (unpaired) electrons. The molecule has 0 bridgehead atoms. The third-order valence-electron chi connectivity index (χ3n) is 4.35. The van der Waals surface area contributed by atoms with E-state index in [9.17, 15) is 4.39 Å². The van der Waals surface area contributed by atoms with Crippen molar-refractivity contribution in [2.45, 2.75) is 44.7 Å². The fourth-order valence-corrected chi connectivity index (χ4v) is 3.33. The predicted molar refractivity (Wildman–Crippen MR) is 69.1 cm³/mol. The number of alkyl halides is 1. The lowest BCUT2D eigenvalue weighted by Crippen LogP contribution is -2.24. The molecule has 17 heavy (non-hydrogen) atoms. The van der Waals surface area contributed by atoms with E-state index in [0.29, 0.717) is 5.92 Å². The number of hydrogen-bond acceptors (Lipinski definition) is 1. The first-order chi connectivity index (χ1) is 8.05. The van der Waals surface area contributed by atoms with Crippen LogP contribution in [0.25, 0.3) is 0 Å². The molecule has 1 saturated carbocycles. The normalized spacial score (nSPS) is 27.2. The summed E-state index contributed by atoms with van der Waals surface area (Å²) in [6.45, 7) is 4.37. The molecular formula is C15H20FN. The summed E-state index contributed by atoms with van der Waals surface area (Å²) in [6, 6.07) is 6.06. The Bertz CT molecular complexity index is 433. The van der Waals surface area contributed by atoms with Crippen LogP contribution in [0.5, 0.6) is 0 Å². The van der Waals surface area contributed by atoms with Gasteiger partial charge in [0.2, 0.25) is 0 Å². The lowest BCUT2D eigenvalue weighted by molar-refractivity contribution is 0.221. The van der Waals surface area contributed by atoms with Crippen LogP contribution in [-0.4, -0.2) is 6.54 Å². The van der Waals surface area contributed by atoms with Gasteiger partial charge in [-0.2, -0.15) is 0 Å². The highest BCUT2D eigenvalue weighted by Crippen LogP contribution is 2.46. The quantitative estimate of drug-likeness (QED) is 0.766. The third kappa shape index (κ3) is 1.84. The number of halogens is 1. The van der Waals surface area contributed by atoms with Crippen molar-refractivity contribution in [3.8, 4) is 0 Å². The van der Waals surface area contributed by atoms with E-state index in [1.807, 2.05) is 6.07 Å². The molecular weight excluding hydrogens is 213 g/mol. The molecule has 0 spiro atoms. The fourth-order valence-electron chi connectivity index (χ4n) is 3.33. The first-order valence-corrected chi connectivity index (χ1v) is 6.63. The largest absolute Gasteiger partial charge is 0.385 e. The number of hydrogen-bond donors (Lipinski definition) is 1. The molecule has 0 saturated heterocycles. The maximum Gasteiger partial charge on any atom is 0.130 e. The van der Waals surface area contributed by atoms with Gasteiger partial charge in [0.25, 0.3) is 0 Å². The second-order valence-corrected chi connectivity index (χ2v) is 5.95. The first kappa shape index (κ1) is 11.1. The number of fused-ring (bicyclic) bond motifs is 3. The standard InChI is InChI=1S/C15H20FN/c1-15(2,16)11-6-7-14-13(8-11)12-5-3-4-10(12)9-17-14/h6-8,10,12,17H,3-5,9H2,1-2H3. The van der Waals surface area contributed by atoms with E-state index in [1.165, 1.54) is 30.5 Å². The van der Waals surface area contributed by atoms with E-state index in [2.05, 4.69) is 17.4 Å². The van der Waals surface area contributed by atoms with Crippen LogP contribution < -0.4 is 5.32 Å². The van der Waals surface area contributed by atoms with Crippen LogP contribution in [-0.2, 0) is 5.67 Å². The zero-order chi connectivity index (χ0) is 12.0. The highest BCUT2D eigenvalue weighted by Gasteiger charge is 2.34. The van der Waals surface area contributed by atoms with Gasteiger partial charge in [0.15, 0.2) is 0 Å². The Morgan fingerprint density at radius 2 is 2.12 bits per heavy atom. The Morgan fingerprint density at radius 3 is 2.88 bits per heavy atom. The van der Waals surface area contributed by atoms with Crippen molar-refractivity contribution >= 4 is 5.69 Å². The van der Waals surface area contributed by atoms with E-state index in [0.717, 1.165) is 18.0 Å². The SMILES string of the molecule is CC(C)(F)c1ccc2c(c1)C1CCCC1CN2. The Labute approximate surface area is 102 Å². The second-order valence-electron chi connectivity index (χ2n) is 5.95. The van der Waals surface area contributed by atoms with Gasteiger partial charge in [-0.15, -0.1) is 0 Å². The minimum atomic E-state index is -1.24. The van der Waals surface area contributed by atoms with Crippen LogP contribution in [0.15, 0.2) is 18.2 Å². The van der Waals surface area contributed by atoms with Gasteiger partial charge in [-0.25, -0.2) is 4.39 Å². The topological polar surface area (TPSA) is 12.0 Å². The zero-order valence-corrected chi connectivity index (χ0v) is 10.6.